The molecule has 0 aliphatic carbocycles. The van der Waals surface area contributed by atoms with Gasteiger partial charge in [0.15, 0.2) is 0 Å². The van der Waals surface area contributed by atoms with Gasteiger partial charge < -0.3 is 15.3 Å². The minimum atomic E-state index is -0.295. The highest BCUT2D eigenvalue weighted by Crippen LogP contribution is 2.03. The lowest BCUT2D eigenvalue weighted by atomic mass is 10.3. The number of hydrogen-bond donors (Lipinski definition) is 2. The van der Waals surface area contributed by atoms with Gasteiger partial charge in [-0.05, 0) is 20.8 Å². The SMILES string of the molecule is CC(C)NC(=O)N1CCN(C[C@@H](C)O)CC1. The van der Waals surface area contributed by atoms with Gasteiger partial charge in [-0.15, -0.1) is 0 Å². The Balaban J connectivity index is 2.28. The molecule has 0 aromatic rings. The van der Waals surface area contributed by atoms with E-state index in [-0.39, 0.29) is 18.2 Å². The van der Waals surface area contributed by atoms with Gasteiger partial charge >= 0.3 is 6.03 Å². The van der Waals surface area contributed by atoms with Crippen LogP contribution in [-0.4, -0.2) is 65.8 Å². The van der Waals surface area contributed by atoms with E-state index in [0.29, 0.717) is 6.54 Å². The number of urea groups is 1. The van der Waals surface area contributed by atoms with Gasteiger partial charge in [-0.2, -0.15) is 0 Å². The highest BCUT2D eigenvalue weighted by molar-refractivity contribution is 5.74. The first-order valence-corrected chi connectivity index (χ1v) is 5.95. The molecule has 5 nitrogen and oxygen atoms in total. The summed E-state index contributed by atoms with van der Waals surface area (Å²) in [6.07, 6.45) is -0.295. The highest BCUT2D eigenvalue weighted by atomic mass is 16.3. The molecule has 1 rings (SSSR count). The Morgan fingerprint density at radius 2 is 1.81 bits per heavy atom. The van der Waals surface area contributed by atoms with E-state index < -0.39 is 0 Å². The minimum Gasteiger partial charge on any atom is -0.392 e. The maximum Gasteiger partial charge on any atom is 0.317 e. The fraction of sp³-hybridized carbons (Fsp3) is 0.909. The maximum absolute atomic E-state index is 11.7. The molecule has 5 heteroatoms. The molecule has 1 aliphatic rings. The zero-order valence-electron chi connectivity index (χ0n) is 10.4. The van der Waals surface area contributed by atoms with Crippen LogP contribution in [0, 0.1) is 0 Å². The lowest BCUT2D eigenvalue weighted by Gasteiger charge is -2.35. The molecule has 1 saturated heterocycles. The van der Waals surface area contributed by atoms with Crippen LogP contribution in [0.25, 0.3) is 0 Å². The number of aliphatic hydroxyl groups excluding tert-OH is 1. The fourth-order valence-corrected chi connectivity index (χ4v) is 1.85. The van der Waals surface area contributed by atoms with Crippen LogP contribution in [0.1, 0.15) is 20.8 Å². The van der Waals surface area contributed by atoms with Gasteiger partial charge in [-0.3, -0.25) is 4.90 Å². The van der Waals surface area contributed by atoms with Crippen molar-refractivity contribution in [3.63, 3.8) is 0 Å². The van der Waals surface area contributed by atoms with Crippen LogP contribution < -0.4 is 5.32 Å². The molecule has 1 atom stereocenters. The fourth-order valence-electron chi connectivity index (χ4n) is 1.85. The summed E-state index contributed by atoms with van der Waals surface area (Å²) in [7, 11) is 0. The molecule has 0 radical (unpaired) electrons. The Morgan fingerprint density at radius 3 is 2.25 bits per heavy atom. The third-order valence-electron chi connectivity index (χ3n) is 2.59. The molecule has 2 amide bonds. The zero-order valence-corrected chi connectivity index (χ0v) is 10.4. The number of hydrogen-bond acceptors (Lipinski definition) is 3. The third kappa shape index (κ3) is 4.37. The molecule has 94 valence electrons. The van der Waals surface area contributed by atoms with Crippen molar-refractivity contribution < 1.29 is 9.90 Å². The normalized spacial score (nSPS) is 19.9. The molecule has 0 unspecified atom stereocenters. The number of β-amino-alcohol motifs (C(OH)–C–C–N with tert-alkyl or cyclic N) is 1. The summed E-state index contributed by atoms with van der Waals surface area (Å²) in [4.78, 5) is 15.7. The summed E-state index contributed by atoms with van der Waals surface area (Å²) in [6, 6.07) is 0.203. The number of carbonyl (C=O) groups is 1. The Hall–Kier alpha value is -0.810. The largest absolute Gasteiger partial charge is 0.392 e. The van der Waals surface area contributed by atoms with E-state index in [0.717, 1.165) is 26.2 Å². The van der Waals surface area contributed by atoms with E-state index >= 15 is 0 Å². The molecule has 0 spiro atoms. The molecular formula is C11H23N3O2. The second kappa shape index (κ2) is 6.06. The van der Waals surface area contributed by atoms with Crippen molar-refractivity contribution >= 4 is 6.03 Å². The van der Waals surface area contributed by atoms with Gasteiger partial charge in [0.25, 0.3) is 0 Å². The maximum atomic E-state index is 11.7. The van der Waals surface area contributed by atoms with Crippen molar-refractivity contribution in [1.82, 2.24) is 15.1 Å². The lowest BCUT2D eigenvalue weighted by Crippen LogP contribution is -2.53. The molecule has 2 N–H and O–H groups in total. The van der Waals surface area contributed by atoms with Crippen LogP contribution >= 0.6 is 0 Å². The number of piperazine rings is 1. The average Bonchev–Trinajstić information content (AvgIpc) is 2.16. The zero-order chi connectivity index (χ0) is 12.1. The second-order valence-electron chi connectivity index (χ2n) is 4.74. The standard InChI is InChI=1S/C11H23N3O2/c1-9(2)12-11(16)14-6-4-13(5-7-14)8-10(3)15/h9-10,15H,4-8H2,1-3H3,(H,12,16)/t10-/m1/s1. The smallest absolute Gasteiger partial charge is 0.317 e. The summed E-state index contributed by atoms with van der Waals surface area (Å²) in [5.41, 5.74) is 0. The topological polar surface area (TPSA) is 55.8 Å². The predicted octanol–water partition coefficient (Wildman–Crippen LogP) is 0.103. The van der Waals surface area contributed by atoms with Crippen LogP contribution in [0.15, 0.2) is 0 Å². The molecule has 0 bridgehead atoms. The van der Waals surface area contributed by atoms with Gasteiger partial charge in [-0.25, -0.2) is 4.79 Å². The predicted molar refractivity (Wildman–Crippen MR) is 63.4 cm³/mol. The van der Waals surface area contributed by atoms with E-state index in [1.807, 2.05) is 18.7 Å². The Bertz CT molecular complexity index is 223. The molecule has 0 aromatic carbocycles. The Kier molecular flexibility index (Phi) is 5.02. The van der Waals surface area contributed by atoms with E-state index in [1.165, 1.54) is 0 Å². The number of rotatable bonds is 3. The summed E-state index contributed by atoms with van der Waals surface area (Å²) < 4.78 is 0. The van der Waals surface area contributed by atoms with Crippen LogP contribution in [0.5, 0.6) is 0 Å². The van der Waals surface area contributed by atoms with Gasteiger partial charge in [0.2, 0.25) is 0 Å². The van der Waals surface area contributed by atoms with Gasteiger partial charge in [-0.1, -0.05) is 0 Å². The first-order chi connectivity index (χ1) is 7.49. The summed E-state index contributed by atoms with van der Waals surface area (Å²) >= 11 is 0. The molecule has 1 heterocycles. The first kappa shape index (κ1) is 13.3. The van der Waals surface area contributed by atoms with E-state index in [9.17, 15) is 9.90 Å². The highest BCUT2D eigenvalue weighted by Gasteiger charge is 2.21. The third-order valence-corrected chi connectivity index (χ3v) is 2.59. The van der Waals surface area contributed by atoms with Gasteiger partial charge in [0.05, 0.1) is 6.10 Å². The average molecular weight is 229 g/mol. The molecular weight excluding hydrogens is 206 g/mol. The first-order valence-electron chi connectivity index (χ1n) is 5.95. The number of nitrogens with one attached hydrogen (secondary N) is 1. The van der Waals surface area contributed by atoms with Crippen LogP contribution in [0.2, 0.25) is 0 Å². The minimum absolute atomic E-state index is 0.0201. The van der Waals surface area contributed by atoms with Crippen molar-refractivity contribution in [2.24, 2.45) is 0 Å². The van der Waals surface area contributed by atoms with Crippen LogP contribution in [0.4, 0.5) is 4.79 Å². The van der Waals surface area contributed by atoms with Crippen molar-refractivity contribution in [2.45, 2.75) is 32.9 Å². The Labute approximate surface area is 97.4 Å². The second-order valence-corrected chi connectivity index (χ2v) is 4.74. The summed E-state index contributed by atoms with van der Waals surface area (Å²) in [5.74, 6) is 0. The van der Waals surface area contributed by atoms with Crippen LogP contribution in [0.3, 0.4) is 0 Å². The quantitative estimate of drug-likeness (QED) is 0.722. The molecule has 0 aromatic heterocycles. The summed E-state index contributed by atoms with van der Waals surface area (Å²) in [6.45, 7) is 9.57. The van der Waals surface area contributed by atoms with Gasteiger partial charge in [0, 0.05) is 38.8 Å². The van der Waals surface area contributed by atoms with E-state index in [4.69, 9.17) is 0 Å². The summed E-state index contributed by atoms with van der Waals surface area (Å²) in [5, 5.41) is 12.2. The van der Waals surface area contributed by atoms with Crippen molar-refractivity contribution in [3.05, 3.63) is 0 Å². The monoisotopic (exact) mass is 229 g/mol. The van der Waals surface area contributed by atoms with Gasteiger partial charge in [0.1, 0.15) is 0 Å². The van der Waals surface area contributed by atoms with Crippen LogP contribution in [-0.2, 0) is 0 Å². The van der Waals surface area contributed by atoms with E-state index in [2.05, 4.69) is 10.2 Å². The van der Waals surface area contributed by atoms with E-state index in [1.54, 1.807) is 6.92 Å². The Morgan fingerprint density at radius 1 is 1.25 bits per heavy atom. The van der Waals surface area contributed by atoms with Crippen molar-refractivity contribution in [3.8, 4) is 0 Å². The number of amides is 2. The lowest BCUT2D eigenvalue weighted by molar-refractivity contribution is 0.0894. The molecule has 1 aliphatic heterocycles. The molecule has 1 fully saturated rings. The molecule has 0 saturated carbocycles. The number of carbonyl (C=O) groups excluding carboxylic acids is 1. The van der Waals surface area contributed by atoms with Crippen molar-refractivity contribution in [2.75, 3.05) is 32.7 Å². The number of nitrogens with zero attached hydrogens (tertiary/aromatic N) is 2. The molecule has 16 heavy (non-hydrogen) atoms. The number of aliphatic hydroxyl groups is 1. The van der Waals surface area contributed by atoms with Crippen molar-refractivity contribution in [1.29, 1.82) is 0 Å².